The van der Waals surface area contributed by atoms with Crippen molar-refractivity contribution in [3.63, 3.8) is 0 Å². The minimum absolute atomic E-state index is 0.0926. The van der Waals surface area contributed by atoms with Crippen LogP contribution in [0, 0.1) is 11.2 Å². The molecule has 0 aliphatic heterocycles. The van der Waals surface area contributed by atoms with E-state index >= 15 is 0 Å². The maximum atomic E-state index is 12.9. The van der Waals surface area contributed by atoms with Gasteiger partial charge in [-0.05, 0) is 18.2 Å². The molecule has 1 heterocycles. The number of hydrogen-bond donors (Lipinski definition) is 2. The van der Waals surface area contributed by atoms with Gasteiger partial charge in [0.1, 0.15) is 16.4 Å². The normalized spacial score (nSPS) is 10.5. The second-order valence-corrected chi connectivity index (χ2v) is 3.48. The Morgan fingerprint density at radius 2 is 2.13 bits per heavy atom. The molecule has 1 aromatic carbocycles. The second kappa shape index (κ2) is 3.43. The van der Waals surface area contributed by atoms with Gasteiger partial charge in [0.05, 0.1) is 5.56 Å². The topological polar surface area (TPSA) is 63.0 Å². The summed E-state index contributed by atoms with van der Waals surface area (Å²) in [6.45, 7) is 0. The Kier molecular flexibility index (Phi) is 2.24. The van der Waals surface area contributed by atoms with E-state index in [1.165, 1.54) is 12.1 Å². The van der Waals surface area contributed by atoms with Gasteiger partial charge in [-0.2, -0.15) is 0 Å². The number of halogens is 1. The van der Waals surface area contributed by atoms with E-state index in [-0.39, 0.29) is 10.5 Å². The molecule has 0 saturated carbocycles. The summed E-state index contributed by atoms with van der Waals surface area (Å²) in [6, 6.07) is 5.69. The van der Waals surface area contributed by atoms with Crippen LogP contribution in [0.4, 0.5) is 4.39 Å². The van der Waals surface area contributed by atoms with Crippen LogP contribution in [0.2, 0.25) is 0 Å². The molecule has 0 aliphatic rings. The molecule has 0 spiro atoms. The molecule has 76 valence electrons. The predicted octanol–water partition coefficient (Wildman–Crippen LogP) is 1.69. The molecule has 0 radical (unpaired) electrons. The molecule has 1 aromatic heterocycles. The Labute approximate surface area is 89.8 Å². The molecule has 0 atom stereocenters. The van der Waals surface area contributed by atoms with Gasteiger partial charge < -0.3 is 10.2 Å². The molecule has 5 heteroatoms. The highest BCUT2D eigenvalue weighted by molar-refractivity contribution is 7.80. The lowest BCUT2D eigenvalue weighted by Gasteiger charge is -2.01. The van der Waals surface area contributed by atoms with Crippen molar-refractivity contribution in [3.05, 3.63) is 41.2 Å². The van der Waals surface area contributed by atoms with Crippen LogP contribution in [0.5, 0.6) is 0 Å². The molecule has 3 nitrogen and oxygen atoms in total. The van der Waals surface area contributed by atoms with Crippen molar-refractivity contribution in [1.82, 2.24) is 0 Å². The minimum Gasteiger partial charge on any atom is -0.438 e. The lowest BCUT2D eigenvalue weighted by atomic mass is 10.2. The number of nitrogens with two attached hydrogens (primary N) is 1. The highest BCUT2D eigenvalue weighted by Crippen LogP contribution is 2.14. The van der Waals surface area contributed by atoms with Crippen LogP contribution in [0.25, 0.3) is 11.0 Å². The van der Waals surface area contributed by atoms with Gasteiger partial charge in [-0.1, -0.05) is 12.2 Å². The van der Waals surface area contributed by atoms with E-state index in [0.29, 0.717) is 16.5 Å². The van der Waals surface area contributed by atoms with Crippen molar-refractivity contribution in [2.75, 3.05) is 0 Å². The van der Waals surface area contributed by atoms with E-state index in [0.717, 1.165) is 0 Å². The van der Waals surface area contributed by atoms with E-state index in [9.17, 15) is 4.39 Å². The average molecular weight is 222 g/mol. The SMILES string of the molecule is N=c1oc2cc(F)ccc2cc1C(N)=S. The molecule has 0 unspecified atom stereocenters. The lowest BCUT2D eigenvalue weighted by molar-refractivity contribution is 0.527. The maximum Gasteiger partial charge on any atom is 0.222 e. The van der Waals surface area contributed by atoms with Gasteiger partial charge in [0.25, 0.3) is 0 Å². The minimum atomic E-state index is -0.409. The third-order valence-corrected chi connectivity index (χ3v) is 2.22. The van der Waals surface area contributed by atoms with Crippen LogP contribution in [-0.4, -0.2) is 4.99 Å². The Bertz CT molecular complexity index is 606. The first-order valence-corrected chi connectivity index (χ1v) is 4.56. The summed E-state index contributed by atoms with van der Waals surface area (Å²) in [5, 5.41) is 8.16. The molecule has 0 saturated heterocycles. The smallest absolute Gasteiger partial charge is 0.222 e. The van der Waals surface area contributed by atoms with Crippen molar-refractivity contribution in [2.24, 2.45) is 5.73 Å². The van der Waals surface area contributed by atoms with Gasteiger partial charge >= 0.3 is 0 Å². The first-order valence-electron chi connectivity index (χ1n) is 4.16. The molecule has 3 N–H and O–H groups in total. The van der Waals surface area contributed by atoms with Crippen molar-refractivity contribution in [3.8, 4) is 0 Å². The van der Waals surface area contributed by atoms with Gasteiger partial charge in [0.15, 0.2) is 0 Å². The number of thiocarbonyl (C=S) groups is 1. The van der Waals surface area contributed by atoms with E-state index in [1.54, 1.807) is 12.1 Å². The monoisotopic (exact) mass is 222 g/mol. The van der Waals surface area contributed by atoms with Crippen molar-refractivity contribution < 1.29 is 8.81 Å². The third kappa shape index (κ3) is 1.73. The number of fused-ring (bicyclic) bond motifs is 1. The third-order valence-electron chi connectivity index (χ3n) is 2.00. The molecular formula is C10H7FN2OS. The molecule has 0 bridgehead atoms. The maximum absolute atomic E-state index is 12.9. The lowest BCUT2D eigenvalue weighted by Crippen LogP contribution is -2.19. The van der Waals surface area contributed by atoms with Crippen LogP contribution in [-0.2, 0) is 0 Å². The van der Waals surface area contributed by atoms with Crippen molar-refractivity contribution >= 4 is 28.2 Å². The average Bonchev–Trinajstić information content (AvgIpc) is 2.15. The van der Waals surface area contributed by atoms with E-state index in [1.807, 2.05) is 0 Å². The van der Waals surface area contributed by atoms with Gasteiger partial charge in [0, 0.05) is 11.5 Å². The number of nitrogens with one attached hydrogen (secondary N) is 1. The fourth-order valence-electron chi connectivity index (χ4n) is 1.28. The standard InChI is InChI=1S/C10H7FN2OS/c11-6-2-1-5-3-7(10(13)15)9(12)14-8(5)4-6/h1-4,12H,(H2,13,15). The van der Waals surface area contributed by atoms with E-state index in [4.69, 9.17) is 27.8 Å². The molecular weight excluding hydrogens is 215 g/mol. The van der Waals surface area contributed by atoms with E-state index in [2.05, 4.69) is 0 Å². The fraction of sp³-hybridized carbons (Fsp3) is 0. The molecule has 0 fully saturated rings. The fourth-order valence-corrected chi connectivity index (χ4v) is 1.44. The molecule has 0 amide bonds. The van der Waals surface area contributed by atoms with Crippen molar-refractivity contribution in [1.29, 1.82) is 5.41 Å². The van der Waals surface area contributed by atoms with Gasteiger partial charge in [0.2, 0.25) is 5.55 Å². The summed E-state index contributed by atoms with van der Waals surface area (Å²) in [6.07, 6.45) is 0. The van der Waals surface area contributed by atoms with Gasteiger partial charge in [-0.3, -0.25) is 5.41 Å². The Morgan fingerprint density at radius 3 is 2.80 bits per heavy atom. The Balaban J connectivity index is 2.82. The first-order chi connectivity index (χ1) is 7.08. The number of rotatable bonds is 1. The van der Waals surface area contributed by atoms with Crippen LogP contribution in [0.3, 0.4) is 0 Å². The predicted molar refractivity (Wildman–Crippen MR) is 57.9 cm³/mol. The summed E-state index contributed by atoms with van der Waals surface area (Å²) < 4.78 is 17.9. The first kappa shape index (κ1) is 9.79. The highest BCUT2D eigenvalue weighted by atomic mass is 32.1. The summed E-state index contributed by atoms with van der Waals surface area (Å²) in [5.41, 5.74) is 5.92. The summed E-state index contributed by atoms with van der Waals surface area (Å²) in [7, 11) is 0. The largest absolute Gasteiger partial charge is 0.438 e. The molecule has 2 aromatic rings. The van der Waals surface area contributed by atoms with Crippen LogP contribution < -0.4 is 11.3 Å². The van der Waals surface area contributed by atoms with Gasteiger partial charge in [-0.15, -0.1) is 0 Å². The van der Waals surface area contributed by atoms with Crippen LogP contribution >= 0.6 is 12.2 Å². The van der Waals surface area contributed by atoms with Crippen LogP contribution in [0.15, 0.2) is 28.7 Å². The molecule has 15 heavy (non-hydrogen) atoms. The Hall–Kier alpha value is -1.75. The zero-order chi connectivity index (χ0) is 11.0. The quantitative estimate of drug-likeness (QED) is 0.722. The van der Waals surface area contributed by atoms with Crippen LogP contribution in [0.1, 0.15) is 5.56 Å². The summed E-state index contributed by atoms with van der Waals surface area (Å²) >= 11 is 4.76. The Morgan fingerprint density at radius 1 is 1.40 bits per heavy atom. The zero-order valence-corrected chi connectivity index (χ0v) is 8.40. The number of benzene rings is 1. The zero-order valence-electron chi connectivity index (χ0n) is 7.58. The molecule has 0 aliphatic carbocycles. The summed E-state index contributed by atoms with van der Waals surface area (Å²) in [4.78, 5) is 0.0926. The summed E-state index contributed by atoms with van der Waals surface area (Å²) in [5.74, 6) is -0.409. The molecule has 2 rings (SSSR count). The second-order valence-electron chi connectivity index (χ2n) is 3.04. The van der Waals surface area contributed by atoms with Gasteiger partial charge in [-0.25, -0.2) is 4.39 Å². The number of hydrogen-bond acceptors (Lipinski definition) is 3. The van der Waals surface area contributed by atoms with Crippen molar-refractivity contribution in [2.45, 2.75) is 0 Å². The highest BCUT2D eigenvalue weighted by Gasteiger charge is 2.05. The van der Waals surface area contributed by atoms with E-state index < -0.39 is 5.82 Å².